The zero-order valence-corrected chi connectivity index (χ0v) is 12.5. The van der Waals surface area contributed by atoms with Crippen molar-refractivity contribution < 1.29 is 0 Å². The standard InChI is InChI=1S/C16H23N3/c1-10-8-12(3)14(9-11(10)2)16-13(4)15(18-19-16)6-7-17-5/h8-9,17H,6-7H2,1-5H3,(H,18,19). The average Bonchev–Trinajstić information content (AvgIpc) is 2.73. The normalized spacial score (nSPS) is 11.0. The summed E-state index contributed by atoms with van der Waals surface area (Å²) in [5.41, 5.74) is 8.77. The molecule has 3 heteroatoms. The maximum Gasteiger partial charge on any atom is 0.0955 e. The Balaban J connectivity index is 2.42. The molecule has 0 amide bonds. The highest BCUT2D eigenvalue weighted by Crippen LogP contribution is 2.28. The minimum atomic E-state index is 0.967. The van der Waals surface area contributed by atoms with Crippen LogP contribution in [0.4, 0.5) is 0 Å². The Morgan fingerprint density at radius 2 is 1.74 bits per heavy atom. The summed E-state index contributed by atoms with van der Waals surface area (Å²) in [6.07, 6.45) is 0.985. The van der Waals surface area contributed by atoms with Crippen LogP contribution in [0.25, 0.3) is 11.3 Å². The molecular weight excluding hydrogens is 234 g/mol. The third kappa shape index (κ3) is 2.71. The summed E-state index contributed by atoms with van der Waals surface area (Å²) in [6, 6.07) is 4.49. The molecule has 19 heavy (non-hydrogen) atoms. The van der Waals surface area contributed by atoms with E-state index in [4.69, 9.17) is 0 Å². The second kappa shape index (κ2) is 5.57. The van der Waals surface area contributed by atoms with Crippen LogP contribution >= 0.6 is 0 Å². The Morgan fingerprint density at radius 3 is 2.42 bits per heavy atom. The summed E-state index contributed by atoms with van der Waals surface area (Å²) < 4.78 is 0. The monoisotopic (exact) mass is 257 g/mol. The largest absolute Gasteiger partial charge is 0.319 e. The van der Waals surface area contributed by atoms with Crippen molar-refractivity contribution in [1.29, 1.82) is 0 Å². The fourth-order valence-electron chi connectivity index (χ4n) is 2.41. The minimum Gasteiger partial charge on any atom is -0.319 e. The summed E-state index contributed by atoms with van der Waals surface area (Å²) in [5.74, 6) is 0. The van der Waals surface area contributed by atoms with E-state index in [2.05, 4.69) is 55.3 Å². The second-order valence-electron chi connectivity index (χ2n) is 5.28. The predicted molar refractivity (Wildman–Crippen MR) is 80.6 cm³/mol. The molecule has 0 aliphatic heterocycles. The fraction of sp³-hybridized carbons (Fsp3) is 0.438. The topological polar surface area (TPSA) is 40.7 Å². The number of H-pyrrole nitrogens is 1. The number of hydrogen-bond acceptors (Lipinski definition) is 2. The summed E-state index contributed by atoms with van der Waals surface area (Å²) in [6.45, 7) is 9.58. The van der Waals surface area contributed by atoms with Crippen LogP contribution in [0.2, 0.25) is 0 Å². The third-order valence-corrected chi connectivity index (χ3v) is 3.83. The molecule has 0 saturated heterocycles. The first kappa shape index (κ1) is 13.8. The van der Waals surface area contributed by atoms with Gasteiger partial charge in [-0.15, -0.1) is 0 Å². The Morgan fingerprint density at radius 1 is 1.05 bits per heavy atom. The van der Waals surface area contributed by atoms with Crippen molar-refractivity contribution in [2.45, 2.75) is 34.1 Å². The molecule has 2 rings (SSSR count). The Bertz CT molecular complexity index is 582. The number of rotatable bonds is 4. The molecule has 3 nitrogen and oxygen atoms in total. The zero-order chi connectivity index (χ0) is 14.0. The van der Waals surface area contributed by atoms with Crippen LogP contribution in [0.5, 0.6) is 0 Å². The molecule has 1 aromatic carbocycles. The van der Waals surface area contributed by atoms with Crippen LogP contribution in [0, 0.1) is 27.7 Å². The van der Waals surface area contributed by atoms with Crippen LogP contribution in [-0.4, -0.2) is 23.8 Å². The summed E-state index contributed by atoms with van der Waals surface area (Å²) >= 11 is 0. The van der Waals surface area contributed by atoms with Crippen molar-refractivity contribution in [2.24, 2.45) is 0 Å². The molecule has 2 aromatic rings. The predicted octanol–water partition coefficient (Wildman–Crippen LogP) is 3.07. The molecule has 1 aromatic heterocycles. The lowest BCUT2D eigenvalue weighted by Gasteiger charge is -2.09. The van der Waals surface area contributed by atoms with Gasteiger partial charge in [0.2, 0.25) is 0 Å². The van der Waals surface area contributed by atoms with E-state index < -0.39 is 0 Å². The molecule has 0 fully saturated rings. The van der Waals surface area contributed by atoms with Gasteiger partial charge in [-0.1, -0.05) is 6.07 Å². The molecule has 0 radical (unpaired) electrons. The van der Waals surface area contributed by atoms with Gasteiger partial charge in [-0.25, -0.2) is 0 Å². The number of aromatic nitrogens is 2. The summed E-state index contributed by atoms with van der Waals surface area (Å²) in [4.78, 5) is 0. The molecule has 0 saturated carbocycles. The molecular formula is C16H23N3. The van der Waals surface area contributed by atoms with Crippen molar-refractivity contribution in [2.75, 3.05) is 13.6 Å². The number of aromatic amines is 1. The molecule has 0 spiro atoms. The third-order valence-electron chi connectivity index (χ3n) is 3.83. The van der Waals surface area contributed by atoms with Crippen molar-refractivity contribution in [3.63, 3.8) is 0 Å². The highest BCUT2D eigenvalue weighted by molar-refractivity contribution is 5.68. The Labute approximate surface area is 115 Å². The quantitative estimate of drug-likeness (QED) is 0.883. The van der Waals surface area contributed by atoms with E-state index >= 15 is 0 Å². The van der Waals surface area contributed by atoms with Gasteiger partial charge < -0.3 is 5.32 Å². The lowest BCUT2D eigenvalue weighted by Crippen LogP contribution is -2.11. The van der Waals surface area contributed by atoms with Gasteiger partial charge in [-0.2, -0.15) is 5.10 Å². The molecule has 102 valence electrons. The lowest BCUT2D eigenvalue weighted by molar-refractivity contribution is 0.769. The molecule has 1 heterocycles. The molecule has 0 unspecified atom stereocenters. The van der Waals surface area contributed by atoms with Crippen LogP contribution in [0.1, 0.15) is 27.9 Å². The van der Waals surface area contributed by atoms with Gasteiger partial charge in [0.25, 0.3) is 0 Å². The average molecular weight is 257 g/mol. The molecule has 0 bridgehead atoms. The highest BCUT2D eigenvalue weighted by Gasteiger charge is 2.13. The molecule has 0 aliphatic carbocycles. The van der Waals surface area contributed by atoms with Crippen LogP contribution in [-0.2, 0) is 6.42 Å². The Hall–Kier alpha value is -1.61. The summed E-state index contributed by atoms with van der Waals surface area (Å²) in [7, 11) is 1.97. The first-order chi connectivity index (χ1) is 9.04. The first-order valence-corrected chi connectivity index (χ1v) is 6.81. The van der Waals surface area contributed by atoms with Gasteiger partial charge in [0.05, 0.1) is 5.69 Å². The van der Waals surface area contributed by atoms with E-state index in [0.29, 0.717) is 0 Å². The van der Waals surface area contributed by atoms with E-state index in [0.717, 1.165) is 18.7 Å². The number of hydrogen-bond donors (Lipinski definition) is 2. The van der Waals surface area contributed by atoms with Crippen molar-refractivity contribution in [3.05, 3.63) is 40.1 Å². The fourth-order valence-corrected chi connectivity index (χ4v) is 2.41. The Kier molecular flexibility index (Phi) is 4.05. The number of nitrogens with one attached hydrogen (secondary N) is 2. The van der Waals surface area contributed by atoms with E-state index in [1.54, 1.807) is 0 Å². The van der Waals surface area contributed by atoms with Gasteiger partial charge in [-0.05, 0) is 63.1 Å². The first-order valence-electron chi connectivity index (χ1n) is 6.81. The van der Waals surface area contributed by atoms with Crippen LogP contribution in [0.15, 0.2) is 12.1 Å². The van der Waals surface area contributed by atoms with Crippen molar-refractivity contribution in [3.8, 4) is 11.3 Å². The maximum absolute atomic E-state index is 4.52. The van der Waals surface area contributed by atoms with Crippen LogP contribution in [0.3, 0.4) is 0 Å². The van der Waals surface area contributed by atoms with E-state index in [-0.39, 0.29) is 0 Å². The lowest BCUT2D eigenvalue weighted by atomic mass is 9.96. The van der Waals surface area contributed by atoms with Gasteiger partial charge in [0.1, 0.15) is 0 Å². The van der Waals surface area contributed by atoms with Crippen LogP contribution < -0.4 is 5.32 Å². The van der Waals surface area contributed by atoms with Gasteiger partial charge in [0, 0.05) is 24.2 Å². The number of likely N-dealkylation sites (N-methyl/N-ethyl adjacent to an activating group) is 1. The maximum atomic E-state index is 4.52. The van der Waals surface area contributed by atoms with Gasteiger partial charge in [-0.3, -0.25) is 5.10 Å². The number of benzene rings is 1. The number of nitrogens with zero attached hydrogens (tertiary/aromatic N) is 1. The summed E-state index contributed by atoms with van der Waals surface area (Å²) in [5, 5.41) is 10.9. The van der Waals surface area contributed by atoms with Gasteiger partial charge >= 0.3 is 0 Å². The molecule has 0 aliphatic rings. The van der Waals surface area contributed by atoms with E-state index in [1.165, 1.54) is 33.5 Å². The SMILES string of the molecule is CNCCc1[nH]nc(-c2cc(C)c(C)cc2C)c1C. The second-order valence-corrected chi connectivity index (χ2v) is 5.28. The van der Waals surface area contributed by atoms with Gasteiger partial charge in [0.15, 0.2) is 0 Å². The minimum absolute atomic E-state index is 0.967. The molecule has 2 N–H and O–H groups in total. The number of aryl methyl sites for hydroxylation is 3. The van der Waals surface area contributed by atoms with E-state index in [9.17, 15) is 0 Å². The highest BCUT2D eigenvalue weighted by atomic mass is 15.1. The smallest absolute Gasteiger partial charge is 0.0955 e. The van der Waals surface area contributed by atoms with Crippen molar-refractivity contribution in [1.82, 2.24) is 15.5 Å². The molecule has 0 atom stereocenters. The van der Waals surface area contributed by atoms with E-state index in [1.807, 2.05) is 7.05 Å². The van der Waals surface area contributed by atoms with Crippen molar-refractivity contribution >= 4 is 0 Å². The zero-order valence-electron chi connectivity index (χ0n) is 12.5.